The zero-order valence-electron chi connectivity index (χ0n) is 14.9. The van der Waals surface area contributed by atoms with Crippen molar-refractivity contribution in [1.82, 2.24) is 5.32 Å². The molecule has 0 fully saturated rings. The number of carboxylic acids is 2. The molecule has 7 heteroatoms. The highest BCUT2D eigenvalue weighted by Gasteiger charge is 2.30. The molecule has 2 aromatic carbocycles. The van der Waals surface area contributed by atoms with E-state index in [1.807, 2.05) is 48.5 Å². The third-order valence-corrected chi connectivity index (χ3v) is 4.64. The lowest BCUT2D eigenvalue weighted by Crippen LogP contribution is -2.43. The number of benzene rings is 2. The number of ether oxygens (including phenoxy) is 1. The minimum atomic E-state index is -1.54. The lowest BCUT2D eigenvalue weighted by Gasteiger charge is -2.18. The second-order valence-electron chi connectivity index (χ2n) is 6.47. The minimum Gasteiger partial charge on any atom is -0.481 e. The molecule has 2 aromatic rings. The van der Waals surface area contributed by atoms with Crippen LogP contribution in [0.4, 0.5) is 4.79 Å². The summed E-state index contributed by atoms with van der Waals surface area (Å²) in [6, 6.07) is 14.1. The van der Waals surface area contributed by atoms with Crippen LogP contribution in [0.15, 0.2) is 60.7 Å². The molecule has 1 aliphatic rings. The van der Waals surface area contributed by atoms with Crippen LogP contribution >= 0.6 is 0 Å². The van der Waals surface area contributed by atoms with Crippen LogP contribution in [0.25, 0.3) is 11.1 Å². The van der Waals surface area contributed by atoms with Crippen molar-refractivity contribution in [3.05, 3.63) is 71.8 Å². The Morgan fingerprint density at radius 1 is 1.00 bits per heavy atom. The van der Waals surface area contributed by atoms with Crippen LogP contribution in [0.3, 0.4) is 0 Å². The Morgan fingerprint density at radius 3 is 2.04 bits per heavy atom. The first-order valence-corrected chi connectivity index (χ1v) is 8.62. The quantitative estimate of drug-likeness (QED) is 0.636. The van der Waals surface area contributed by atoms with Gasteiger partial charge in [-0.05, 0) is 27.8 Å². The molecule has 0 heterocycles. The Bertz CT molecular complexity index is 906. The number of alkyl carbamates (subject to hydrolysis) is 1. The molecule has 0 aliphatic heterocycles. The van der Waals surface area contributed by atoms with Gasteiger partial charge in [0.2, 0.25) is 0 Å². The molecule has 1 aliphatic carbocycles. The monoisotopic (exact) mass is 381 g/mol. The van der Waals surface area contributed by atoms with Gasteiger partial charge in [0.1, 0.15) is 6.61 Å². The van der Waals surface area contributed by atoms with Crippen molar-refractivity contribution in [3.8, 4) is 11.1 Å². The van der Waals surface area contributed by atoms with E-state index in [9.17, 15) is 19.5 Å². The van der Waals surface area contributed by atoms with E-state index in [0.29, 0.717) is 0 Å². The van der Waals surface area contributed by atoms with Gasteiger partial charge in [0.05, 0.1) is 6.42 Å². The van der Waals surface area contributed by atoms with Crippen LogP contribution in [0.2, 0.25) is 0 Å². The van der Waals surface area contributed by atoms with Gasteiger partial charge in [0.25, 0.3) is 0 Å². The lowest BCUT2D eigenvalue weighted by molar-refractivity contribution is -0.138. The summed E-state index contributed by atoms with van der Waals surface area (Å²) in [6.45, 7) is 3.46. The van der Waals surface area contributed by atoms with Gasteiger partial charge in [0, 0.05) is 5.92 Å². The molecule has 0 bridgehead atoms. The standard InChI is InChI=1S/C21H19NO6/c1-12(10-18(23)24)19(20(25)26)22-21(27)28-11-17-15-8-4-2-6-13(15)14-7-3-5-9-16(14)17/h2-9,17,19H,1,10-11H2,(H,22,27)(H,23,24)(H,25,26)/t19-/m0/s1. The lowest BCUT2D eigenvalue weighted by atomic mass is 9.98. The van der Waals surface area contributed by atoms with E-state index in [2.05, 4.69) is 11.9 Å². The first-order valence-electron chi connectivity index (χ1n) is 8.62. The molecule has 0 spiro atoms. The molecule has 0 unspecified atom stereocenters. The summed E-state index contributed by atoms with van der Waals surface area (Å²) in [5.74, 6) is -2.80. The SMILES string of the molecule is C=C(CC(=O)O)[C@H](NC(=O)OCC1c2ccccc2-c2ccccc21)C(=O)O. The number of hydrogen-bond acceptors (Lipinski definition) is 4. The van der Waals surface area contributed by atoms with Crippen molar-refractivity contribution < 1.29 is 29.3 Å². The van der Waals surface area contributed by atoms with E-state index in [-0.39, 0.29) is 18.1 Å². The smallest absolute Gasteiger partial charge is 0.408 e. The van der Waals surface area contributed by atoms with Gasteiger partial charge in [-0.1, -0.05) is 55.1 Å². The molecule has 0 saturated carbocycles. The molecule has 1 atom stereocenters. The van der Waals surface area contributed by atoms with E-state index in [1.54, 1.807) is 0 Å². The van der Waals surface area contributed by atoms with Gasteiger partial charge in [-0.3, -0.25) is 4.79 Å². The molecule has 0 aromatic heterocycles. The first-order chi connectivity index (χ1) is 13.4. The summed E-state index contributed by atoms with van der Waals surface area (Å²) in [7, 11) is 0. The normalized spacial score (nSPS) is 13.1. The Balaban J connectivity index is 1.70. The van der Waals surface area contributed by atoms with E-state index in [0.717, 1.165) is 22.3 Å². The molecule has 28 heavy (non-hydrogen) atoms. The topological polar surface area (TPSA) is 113 Å². The zero-order valence-corrected chi connectivity index (χ0v) is 14.9. The first kappa shape index (κ1) is 19.2. The number of rotatable bonds is 7. The Hall–Kier alpha value is -3.61. The van der Waals surface area contributed by atoms with Crippen molar-refractivity contribution in [2.24, 2.45) is 0 Å². The van der Waals surface area contributed by atoms with Gasteiger partial charge in [-0.15, -0.1) is 0 Å². The van der Waals surface area contributed by atoms with Gasteiger partial charge in [0.15, 0.2) is 6.04 Å². The molecule has 3 N–H and O–H groups in total. The number of hydrogen-bond donors (Lipinski definition) is 3. The largest absolute Gasteiger partial charge is 0.481 e. The second kappa shape index (κ2) is 7.96. The van der Waals surface area contributed by atoms with Gasteiger partial charge in [-0.2, -0.15) is 0 Å². The highest BCUT2D eigenvalue weighted by molar-refractivity contribution is 5.85. The maximum absolute atomic E-state index is 12.1. The molecular formula is C21H19NO6. The van der Waals surface area contributed by atoms with Crippen molar-refractivity contribution in [1.29, 1.82) is 0 Å². The fourth-order valence-corrected chi connectivity index (χ4v) is 3.39. The number of amides is 1. The van der Waals surface area contributed by atoms with Crippen LogP contribution < -0.4 is 5.32 Å². The second-order valence-corrected chi connectivity index (χ2v) is 6.47. The Labute approximate surface area is 161 Å². The fourth-order valence-electron chi connectivity index (χ4n) is 3.39. The van der Waals surface area contributed by atoms with Crippen LogP contribution in [-0.4, -0.2) is 40.9 Å². The van der Waals surface area contributed by atoms with Crippen molar-refractivity contribution >= 4 is 18.0 Å². The maximum atomic E-state index is 12.1. The summed E-state index contributed by atoms with van der Waals surface area (Å²) >= 11 is 0. The van der Waals surface area contributed by atoms with E-state index >= 15 is 0 Å². The van der Waals surface area contributed by atoms with E-state index < -0.39 is 30.5 Å². The Kier molecular flexibility index (Phi) is 5.44. The van der Waals surface area contributed by atoms with E-state index in [1.165, 1.54) is 0 Å². The molecule has 0 radical (unpaired) electrons. The molecule has 1 amide bonds. The van der Waals surface area contributed by atoms with Crippen LogP contribution in [0.5, 0.6) is 0 Å². The van der Waals surface area contributed by atoms with Crippen LogP contribution in [0.1, 0.15) is 23.5 Å². The summed E-state index contributed by atoms with van der Waals surface area (Å²) < 4.78 is 5.27. The number of nitrogens with one attached hydrogen (secondary N) is 1. The maximum Gasteiger partial charge on any atom is 0.408 e. The molecule has 3 rings (SSSR count). The molecule has 7 nitrogen and oxygen atoms in total. The Morgan fingerprint density at radius 2 is 1.54 bits per heavy atom. The van der Waals surface area contributed by atoms with Crippen molar-refractivity contribution in [2.75, 3.05) is 6.61 Å². The summed E-state index contributed by atoms with van der Waals surface area (Å²) in [5, 5.41) is 20.2. The fraction of sp³-hybridized carbons (Fsp3) is 0.190. The minimum absolute atomic E-state index is 0.0254. The van der Waals surface area contributed by atoms with Crippen LogP contribution in [-0.2, 0) is 14.3 Å². The molecule has 144 valence electrons. The third kappa shape index (κ3) is 3.88. The molecular weight excluding hydrogens is 362 g/mol. The van der Waals surface area contributed by atoms with Crippen molar-refractivity contribution in [3.63, 3.8) is 0 Å². The van der Waals surface area contributed by atoms with E-state index in [4.69, 9.17) is 9.84 Å². The van der Waals surface area contributed by atoms with Gasteiger partial charge in [-0.25, -0.2) is 9.59 Å². The number of fused-ring (bicyclic) bond motifs is 3. The predicted molar refractivity (Wildman–Crippen MR) is 101 cm³/mol. The van der Waals surface area contributed by atoms with Gasteiger partial charge < -0.3 is 20.3 Å². The average Bonchev–Trinajstić information content (AvgIpc) is 2.97. The van der Waals surface area contributed by atoms with Gasteiger partial charge >= 0.3 is 18.0 Å². The zero-order chi connectivity index (χ0) is 20.3. The summed E-state index contributed by atoms with van der Waals surface area (Å²) in [5.41, 5.74) is 4.06. The van der Waals surface area contributed by atoms with Crippen molar-refractivity contribution in [2.45, 2.75) is 18.4 Å². The highest BCUT2D eigenvalue weighted by atomic mass is 16.5. The van der Waals surface area contributed by atoms with Crippen LogP contribution in [0, 0.1) is 0 Å². The summed E-state index contributed by atoms with van der Waals surface area (Å²) in [6.07, 6.45) is -1.51. The number of carbonyl (C=O) groups is 3. The summed E-state index contributed by atoms with van der Waals surface area (Å²) in [4.78, 5) is 34.2. The predicted octanol–water partition coefficient (Wildman–Crippen LogP) is 3.01. The number of carboxylic acid groups (broad SMARTS) is 2. The number of carbonyl (C=O) groups excluding carboxylic acids is 1. The average molecular weight is 381 g/mol. The molecule has 0 saturated heterocycles. The number of aliphatic carboxylic acids is 2. The third-order valence-electron chi connectivity index (χ3n) is 4.64. The highest BCUT2D eigenvalue weighted by Crippen LogP contribution is 2.44.